The van der Waals surface area contributed by atoms with Gasteiger partial charge in [-0.15, -0.1) is 23.1 Å². The van der Waals surface area contributed by atoms with Gasteiger partial charge in [-0.25, -0.2) is 9.97 Å². The van der Waals surface area contributed by atoms with Crippen LogP contribution in [0.1, 0.15) is 5.56 Å². The highest BCUT2D eigenvalue weighted by molar-refractivity contribution is 8.00. The molecule has 4 nitrogen and oxygen atoms in total. The van der Waals surface area contributed by atoms with Gasteiger partial charge in [0, 0.05) is 22.5 Å². The number of aromatic nitrogens is 2. The van der Waals surface area contributed by atoms with Crippen LogP contribution in [0.15, 0.2) is 71.1 Å². The molecule has 0 aliphatic carbocycles. The molecule has 0 amide bonds. The van der Waals surface area contributed by atoms with Crippen molar-refractivity contribution in [1.29, 1.82) is 5.26 Å². The fourth-order valence-corrected chi connectivity index (χ4v) is 4.96. The van der Waals surface area contributed by atoms with E-state index < -0.39 is 0 Å². The van der Waals surface area contributed by atoms with E-state index >= 15 is 0 Å². The van der Waals surface area contributed by atoms with Crippen molar-refractivity contribution in [2.45, 2.75) is 4.21 Å². The van der Waals surface area contributed by atoms with Crippen LogP contribution in [0.3, 0.4) is 0 Å². The number of benzene rings is 2. The molecule has 0 spiro atoms. The Kier molecular flexibility index (Phi) is 5.81. The first-order valence-corrected chi connectivity index (χ1v) is 11.1. The number of rotatable bonds is 5. The number of hydrogen-bond acceptors (Lipinski definition) is 6. The average molecular weight is 435 g/mol. The van der Waals surface area contributed by atoms with Gasteiger partial charge in [-0.2, -0.15) is 5.26 Å². The van der Waals surface area contributed by atoms with Gasteiger partial charge in [-0.05, 0) is 42.2 Å². The molecule has 0 atom stereocenters. The Morgan fingerprint density at radius 1 is 1.07 bits per heavy atom. The summed E-state index contributed by atoms with van der Waals surface area (Å²) >= 11 is 9.20. The van der Waals surface area contributed by atoms with Gasteiger partial charge in [0.1, 0.15) is 6.07 Å². The van der Waals surface area contributed by atoms with E-state index in [4.69, 9.17) is 16.6 Å². The van der Waals surface area contributed by atoms with Gasteiger partial charge in [0.25, 0.3) is 0 Å². The molecule has 1 N–H and O–H groups in total. The largest absolute Gasteiger partial charge is 0.324 e. The summed E-state index contributed by atoms with van der Waals surface area (Å²) in [6, 6.07) is 21.6. The molecule has 0 bridgehead atoms. The molecule has 0 aliphatic heterocycles. The van der Waals surface area contributed by atoms with Crippen molar-refractivity contribution < 1.29 is 0 Å². The Bertz CT molecular complexity index is 1180. The van der Waals surface area contributed by atoms with E-state index in [0.717, 1.165) is 31.6 Å². The maximum Gasteiger partial charge on any atom is 0.227 e. The number of anilines is 2. The fourth-order valence-electron chi connectivity index (χ4n) is 2.92. The SMILES string of the molecule is CSc1sc(-c2ccnc(Nc3ccccc3)n2)c(-c2ccc(Cl)cc2)c1C#N. The highest BCUT2D eigenvalue weighted by Gasteiger charge is 2.21. The first-order chi connectivity index (χ1) is 14.2. The summed E-state index contributed by atoms with van der Waals surface area (Å²) in [5.74, 6) is 0.508. The molecule has 0 fully saturated rings. The third-order valence-corrected chi connectivity index (χ3v) is 6.81. The van der Waals surface area contributed by atoms with Crippen LogP contribution in [0.25, 0.3) is 21.7 Å². The summed E-state index contributed by atoms with van der Waals surface area (Å²) in [6.07, 6.45) is 3.70. The van der Waals surface area contributed by atoms with Crippen LogP contribution in [-0.2, 0) is 0 Å². The zero-order valence-corrected chi connectivity index (χ0v) is 17.8. The smallest absolute Gasteiger partial charge is 0.227 e. The Morgan fingerprint density at radius 3 is 2.52 bits per heavy atom. The van der Waals surface area contributed by atoms with E-state index in [1.54, 1.807) is 29.3 Å². The van der Waals surface area contributed by atoms with Gasteiger partial charge < -0.3 is 5.32 Å². The minimum absolute atomic E-state index is 0.508. The van der Waals surface area contributed by atoms with Crippen LogP contribution in [-0.4, -0.2) is 16.2 Å². The maximum absolute atomic E-state index is 9.83. The zero-order chi connectivity index (χ0) is 20.2. The Morgan fingerprint density at radius 2 is 1.83 bits per heavy atom. The van der Waals surface area contributed by atoms with Crippen molar-refractivity contribution in [2.24, 2.45) is 0 Å². The van der Waals surface area contributed by atoms with Crippen molar-refractivity contribution >= 4 is 46.3 Å². The second kappa shape index (κ2) is 8.66. The zero-order valence-electron chi connectivity index (χ0n) is 15.4. The second-order valence-electron chi connectivity index (χ2n) is 6.05. The minimum atomic E-state index is 0.508. The average Bonchev–Trinajstić information content (AvgIpc) is 3.14. The van der Waals surface area contributed by atoms with Crippen molar-refractivity contribution in [3.05, 3.63) is 77.4 Å². The minimum Gasteiger partial charge on any atom is -0.324 e. The number of thiophene rings is 1. The molecule has 0 unspecified atom stereocenters. The van der Waals surface area contributed by atoms with Gasteiger partial charge in [0.05, 0.1) is 20.3 Å². The number of nitrogens with one attached hydrogen (secondary N) is 1. The fraction of sp³-hybridized carbons (Fsp3) is 0.0455. The molecule has 29 heavy (non-hydrogen) atoms. The highest BCUT2D eigenvalue weighted by atomic mass is 35.5. The van der Waals surface area contributed by atoms with Crippen LogP contribution in [0.5, 0.6) is 0 Å². The van der Waals surface area contributed by atoms with Crippen molar-refractivity contribution in [1.82, 2.24) is 9.97 Å². The topological polar surface area (TPSA) is 61.6 Å². The lowest BCUT2D eigenvalue weighted by atomic mass is 10.0. The van der Waals surface area contributed by atoms with E-state index in [-0.39, 0.29) is 0 Å². The number of halogens is 1. The Balaban J connectivity index is 1.83. The molecule has 142 valence electrons. The molecule has 4 aromatic rings. The number of thioether (sulfide) groups is 1. The predicted molar refractivity (Wildman–Crippen MR) is 122 cm³/mol. The maximum atomic E-state index is 9.83. The molecule has 0 radical (unpaired) electrons. The molecule has 2 heterocycles. The summed E-state index contributed by atoms with van der Waals surface area (Å²) in [5.41, 5.74) is 4.16. The molecule has 0 saturated heterocycles. The van der Waals surface area contributed by atoms with Crippen LogP contribution < -0.4 is 5.32 Å². The summed E-state index contributed by atoms with van der Waals surface area (Å²) in [4.78, 5) is 9.98. The lowest BCUT2D eigenvalue weighted by molar-refractivity contribution is 1.17. The normalized spacial score (nSPS) is 10.5. The predicted octanol–water partition coefficient (Wildman–Crippen LogP) is 6.86. The molecule has 4 rings (SSSR count). The second-order valence-corrected chi connectivity index (χ2v) is 8.58. The quantitative estimate of drug-likeness (QED) is 0.347. The van der Waals surface area contributed by atoms with E-state index in [0.29, 0.717) is 16.5 Å². The Labute approximate surface area is 182 Å². The van der Waals surface area contributed by atoms with Gasteiger partial charge in [0.15, 0.2) is 0 Å². The summed E-state index contributed by atoms with van der Waals surface area (Å²) < 4.78 is 0.962. The van der Waals surface area contributed by atoms with Gasteiger partial charge >= 0.3 is 0 Å². The van der Waals surface area contributed by atoms with Crippen molar-refractivity contribution in [3.8, 4) is 27.8 Å². The monoisotopic (exact) mass is 434 g/mol. The van der Waals surface area contributed by atoms with Gasteiger partial charge in [0.2, 0.25) is 5.95 Å². The van der Waals surface area contributed by atoms with Crippen LogP contribution in [0, 0.1) is 11.3 Å². The molecule has 0 saturated carbocycles. The standard InChI is InChI=1S/C22H15ClN4S2/c1-28-21-17(13-24)19(14-7-9-15(23)10-8-14)20(29-21)18-11-12-25-22(27-18)26-16-5-3-2-4-6-16/h2-12H,1H3,(H,25,26,27). The third kappa shape index (κ3) is 4.13. The van der Waals surface area contributed by atoms with Crippen LogP contribution in [0.4, 0.5) is 11.6 Å². The lowest BCUT2D eigenvalue weighted by Gasteiger charge is -2.08. The summed E-state index contributed by atoms with van der Waals surface area (Å²) in [6.45, 7) is 0. The van der Waals surface area contributed by atoms with Gasteiger partial charge in [-0.3, -0.25) is 0 Å². The third-order valence-electron chi connectivity index (χ3n) is 4.22. The summed E-state index contributed by atoms with van der Waals surface area (Å²) in [7, 11) is 0. The van der Waals surface area contributed by atoms with E-state index in [2.05, 4.69) is 16.4 Å². The first-order valence-electron chi connectivity index (χ1n) is 8.72. The highest BCUT2D eigenvalue weighted by Crippen LogP contribution is 2.45. The van der Waals surface area contributed by atoms with E-state index in [1.165, 1.54) is 0 Å². The van der Waals surface area contributed by atoms with E-state index in [9.17, 15) is 5.26 Å². The number of nitriles is 1. The number of hydrogen-bond donors (Lipinski definition) is 1. The van der Waals surface area contributed by atoms with Crippen LogP contribution in [0.2, 0.25) is 5.02 Å². The molecular weight excluding hydrogens is 420 g/mol. The van der Waals surface area contributed by atoms with Crippen LogP contribution >= 0.6 is 34.7 Å². The van der Waals surface area contributed by atoms with E-state index in [1.807, 2.05) is 66.9 Å². The molecule has 2 aromatic heterocycles. The molecule has 0 aliphatic rings. The lowest BCUT2D eigenvalue weighted by Crippen LogP contribution is -1.97. The molecular formula is C22H15ClN4S2. The number of para-hydroxylation sites is 1. The number of nitrogens with zero attached hydrogens (tertiary/aromatic N) is 3. The first kappa shape index (κ1) is 19.5. The summed E-state index contributed by atoms with van der Waals surface area (Å²) in [5, 5.41) is 13.7. The van der Waals surface area contributed by atoms with Crippen molar-refractivity contribution in [3.63, 3.8) is 0 Å². The van der Waals surface area contributed by atoms with Gasteiger partial charge in [-0.1, -0.05) is 41.9 Å². The molecule has 7 heteroatoms. The van der Waals surface area contributed by atoms with Crippen molar-refractivity contribution in [2.75, 3.05) is 11.6 Å². The Hall–Kier alpha value is -2.85. The molecule has 2 aromatic carbocycles.